The number of allylic oxidation sites excluding steroid dienone is 1. The van der Waals surface area contributed by atoms with Crippen LogP contribution in [0.25, 0.3) is 82.6 Å². The van der Waals surface area contributed by atoms with Gasteiger partial charge in [0.1, 0.15) is 0 Å². The first-order valence-corrected chi connectivity index (χ1v) is 23.7. The second kappa shape index (κ2) is 14.1. The molecule has 0 N–H and O–H groups in total. The van der Waals surface area contributed by atoms with E-state index in [2.05, 4.69) is 228 Å². The molecule has 302 valence electrons. The summed E-state index contributed by atoms with van der Waals surface area (Å²) >= 11 is 0. The van der Waals surface area contributed by atoms with Crippen molar-refractivity contribution in [2.45, 2.75) is 32.2 Å². The smallest absolute Gasteiger partial charge is 0.221 e. The maximum absolute atomic E-state index is 17.3. The average Bonchev–Trinajstić information content (AvgIpc) is 3.87. The molecule has 11 aromatic rings. The Morgan fingerprint density at radius 2 is 0.921 bits per heavy atom. The minimum absolute atomic E-state index is 0.287. The lowest BCUT2D eigenvalue weighted by molar-refractivity contribution is -0.740. The van der Waals surface area contributed by atoms with Crippen molar-refractivity contribution in [3.05, 3.63) is 212 Å². The molecular weight excluding hydrogens is 786 g/mol. The van der Waals surface area contributed by atoms with Crippen LogP contribution >= 0.6 is 7.14 Å². The SMILES string of the molecule is C=C1c2ccc(P(=O)(c3cccc(-n4c5ccccc5c5ccccc54)c3)c3cccc(-n4c5ccccc5c5ccccc54)c3)cc2-c2c3ccccc3cc[n+]2C1(CC)CC. The quantitative estimate of drug-likeness (QED) is 0.116. The van der Waals surface area contributed by atoms with Gasteiger partial charge in [0.25, 0.3) is 0 Å². The fourth-order valence-corrected chi connectivity index (χ4v) is 13.7. The number of hydrogen-bond acceptors (Lipinski definition) is 1. The summed E-state index contributed by atoms with van der Waals surface area (Å²) in [4.78, 5) is 0. The highest BCUT2D eigenvalue weighted by Gasteiger charge is 2.48. The molecule has 0 saturated carbocycles. The van der Waals surface area contributed by atoms with Crippen LogP contribution in [0.4, 0.5) is 0 Å². The van der Waals surface area contributed by atoms with Crippen LogP contribution in [-0.2, 0) is 10.1 Å². The van der Waals surface area contributed by atoms with E-state index >= 15 is 4.57 Å². The number of benzene rings is 8. The number of hydrogen-bond donors (Lipinski definition) is 0. The summed E-state index contributed by atoms with van der Waals surface area (Å²) in [5.74, 6) is 0. The Hall–Kier alpha value is -7.26. The van der Waals surface area contributed by atoms with Crippen LogP contribution in [-0.4, -0.2) is 9.13 Å². The van der Waals surface area contributed by atoms with Crippen LogP contribution in [0, 0.1) is 0 Å². The van der Waals surface area contributed by atoms with Gasteiger partial charge in [-0.05, 0) is 71.6 Å². The third kappa shape index (κ3) is 5.28. The first-order valence-electron chi connectivity index (χ1n) is 22.0. The minimum Gasteiger partial charge on any atom is -0.309 e. The Balaban J connectivity index is 1.14. The van der Waals surface area contributed by atoms with Crippen LogP contribution in [0.1, 0.15) is 32.3 Å². The first-order chi connectivity index (χ1) is 30.9. The predicted octanol–water partition coefficient (Wildman–Crippen LogP) is 13.2. The van der Waals surface area contributed by atoms with Gasteiger partial charge in [0, 0.05) is 73.3 Å². The van der Waals surface area contributed by atoms with Gasteiger partial charge in [-0.2, -0.15) is 4.57 Å². The molecule has 0 amide bonds. The van der Waals surface area contributed by atoms with Gasteiger partial charge in [-0.3, -0.25) is 0 Å². The lowest BCUT2D eigenvalue weighted by atomic mass is 9.75. The van der Waals surface area contributed by atoms with Crippen LogP contribution in [0.15, 0.2) is 207 Å². The number of fused-ring (bicyclic) bond motifs is 11. The molecule has 0 atom stereocenters. The third-order valence-corrected chi connectivity index (χ3v) is 17.1. The molecule has 4 nitrogen and oxygen atoms in total. The van der Waals surface area contributed by atoms with E-state index in [0.717, 1.165) is 84.6 Å². The largest absolute Gasteiger partial charge is 0.309 e. The molecule has 0 unspecified atom stereocenters. The molecule has 1 aliphatic heterocycles. The molecule has 0 radical (unpaired) electrons. The summed E-state index contributed by atoms with van der Waals surface area (Å²) in [5, 5.41) is 9.44. The summed E-state index contributed by atoms with van der Waals surface area (Å²) < 4.78 is 24.3. The molecule has 1 aliphatic rings. The lowest BCUT2D eigenvalue weighted by Crippen LogP contribution is -2.59. The molecule has 63 heavy (non-hydrogen) atoms. The fourth-order valence-electron chi connectivity index (χ4n) is 11.0. The maximum Gasteiger partial charge on any atom is 0.221 e. The van der Waals surface area contributed by atoms with E-state index < -0.39 is 7.14 Å². The predicted molar refractivity (Wildman–Crippen MR) is 265 cm³/mol. The van der Waals surface area contributed by atoms with E-state index in [1.165, 1.54) is 32.3 Å². The Labute approximate surface area is 367 Å². The summed E-state index contributed by atoms with van der Waals surface area (Å²) in [5.41, 5.74) is 10.5. The van der Waals surface area contributed by atoms with E-state index in [0.29, 0.717) is 0 Å². The van der Waals surface area contributed by atoms with E-state index in [1.807, 2.05) is 0 Å². The van der Waals surface area contributed by atoms with E-state index in [1.54, 1.807) is 0 Å². The molecule has 5 heteroatoms. The van der Waals surface area contributed by atoms with E-state index in [-0.39, 0.29) is 5.54 Å². The summed E-state index contributed by atoms with van der Waals surface area (Å²) in [6.07, 6.45) is 4.06. The van der Waals surface area contributed by atoms with Gasteiger partial charge >= 0.3 is 0 Å². The summed E-state index contributed by atoms with van der Waals surface area (Å²) in [6, 6.07) is 68.6. The summed E-state index contributed by atoms with van der Waals surface area (Å²) in [6.45, 7) is 9.35. The standard InChI is InChI=1S/C58H45N3OP/c1-4-58(5-2)39(3)46-33-32-45(38-52(46)57-47-23-7-6-18-40(47)34-35-59(57)58)63(62,43-21-16-19-41(36-43)60-53-28-12-8-24-48(53)49-25-9-13-29-54(49)60)44-22-17-20-42(37-44)61-55-30-14-10-26-50(55)51-27-11-15-31-56(51)61/h6-38H,3-5H2,1-2H3/q+1. The van der Waals surface area contributed by atoms with Crippen molar-refractivity contribution in [2.75, 3.05) is 0 Å². The lowest BCUT2D eigenvalue weighted by Gasteiger charge is -2.35. The number of pyridine rings is 1. The minimum atomic E-state index is -3.63. The van der Waals surface area contributed by atoms with Crippen molar-refractivity contribution in [1.29, 1.82) is 0 Å². The molecule has 0 bridgehead atoms. The van der Waals surface area contributed by atoms with Gasteiger partial charge in [0.15, 0.2) is 18.9 Å². The van der Waals surface area contributed by atoms with Crippen LogP contribution < -0.4 is 20.5 Å². The Kier molecular flexibility index (Phi) is 8.42. The van der Waals surface area contributed by atoms with Crippen LogP contribution in [0.5, 0.6) is 0 Å². The number of nitrogens with zero attached hydrogens (tertiary/aromatic N) is 3. The molecule has 0 aliphatic carbocycles. The van der Waals surface area contributed by atoms with Gasteiger partial charge < -0.3 is 13.7 Å². The first kappa shape index (κ1) is 37.5. The highest BCUT2D eigenvalue weighted by atomic mass is 31.2. The van der Waals surface area contributed by atoms with Crippen molar-refractivity contribution < 1.29 is 9.13 Å². The van der Waals surface area contributed by atoms with Gasteiger partial charge in [-0.15, -0.1) is 0 Å². The van der Waals surface area contributed by atoms with E-state index in [4.69, 9.17) is 6.58 Å². The van der Waals surface area contributed by atoms with Crippen molar-refractivity contribution in [3.63, 3.8) is 0 Å². The highest BCUT2D eigenvalue weighted by Crippen LogP contribution is 2.49. The zero-order valence-corrected chi connectivity index (χ0v) is 36.3. The normalized spacial score (nSPS) is 13.6. The molecular formula is C58H45N3OP+. The van der Waals surface area contributed by atoms with Crippen molar-refractivity contribution in [3.8, 4) is 22.6 Å². The second-order valence-electron chi connectivity index (χ2n) is 17.0. The van der Waals surface area contributed by atoms with Crippen molar-refractivity contribution >= 4 is 83.0 Å². The Bertz CT molecular complexity index is 3470. The van der Waals surface area contributed by atoms with Gasteiger partial charge in [0.2, 0.25) is 5.69 Å². The average molecular weight is 831 g/mol. The Morgan fingerprint density at radius 1 is 0.476 bits per heavy atom. The molecule has 0 spiro atoms. The topological polar surface area (TPSA) is 30.8 Å². The maximum atomic E-state index is 17.3. The number of aromatic nitrogens is 3. The van der Waals surface area contributed by atoms with E-state index in [9.17, 15) is 0 Å². The zero-order chi connectivity index (χ0) is 42.5. The summed E-state index contributed by atoms with van der Waals surface area (Å²) in [7, 11) is -3.63. The monoisotopic (exact) mass is 830 g/mol. The molecule has 8 aromatic carbocycles. The zero-order valence-electron chi connectivity index (χ0n) is 35.4. The van der Waals surface area contributed by atoms with Gasteiger partial charge in [0.05, 0.1) is 33.0 Å². The van der Waals surface area contributed by atoms with Crippen molar-refractivity contribution in [1.82, 2.24) is 9.13 Å². The van der Waals surface area contributed by atoms with Gasteiger partial charge in [-0.1, -0.05) is 148 Å². The third-order valence-electron chi connectivity index (χ3n) is 14.1. The molecule has 0 fully saturated rings. The Morgan fingerprint density at radius 3 is 1.41 bits per heavy atom. The molecule has 3 aromatic heterocycles. The highest BCUT2D eigenvalue weighted by molar-refractivity contribution is 7.85. The van der Waals surface area contributed by atoms with Gasteiger partial charge in [-0.25, -0.2) is 0 Å². The molecule has 0 saturated heterocycles. The van der Waals surface area contributed by atoms with Crippen LogP contribution in [0.2, 0.25) is 0 Å². The van der Waals surface area contributed by atoms with Crippen molar-refractivity contribution in [2.24, 2.45) is 0 Å². The number of para-hydroxylation sites is 4. The van der Waals surface area contributed by atoms with Crippen LogP contribution in [0.3, 0.4) is 0 Å². The molecule has 4 heterocycles. The number of rotatable bonds is 7. The fraction of sp³-hybridized carbons (Fsp3) is 0.0862. The second-order valence-corrected chi connectivity index (χ2v) is 19.7. The molecule has 12 rings (SSSR count).